The maximum Gasteiger partial charge on any atom is 0.0337 e. The Morgan fingerprint density at radius 3 is 1.71 bits per heavy atom. The van der Waals surface area contributed by atoms with Gasteiger partial charge in [-0.25, -0.2) is 0 Å². The summed E-state index contributed by atoms with van der Waals surface area (Å²) in [6.07, 6.45) is 0. The van der Waals surface area contributed by atoms with Crippen LogP contribution in [0.5, 0.6) is 0 Å². The minimum atomic E-state index is 1.14. The predicted molar refractivity (Wildman–Crippen MR) is 61.7 cm³/mol. The molecule has 0 amide bonds. The summed E-state index contributed by atoms with van der Waals surface area (Å²) in [5.74, 6) is 0. The zero-order valence-corrected chi connectivity index (χ0v) is 8.72. The molecule has 1 aliphatic heterocycles. The van der Waals surface area contributed by atoms with E-state index in [0.717, 1.165) is 31.9 Å². The van der Waals surface area contributed by atoms with Gasteiger partial charge in [-0.05, 0) is 12.1 Å². The molecule has 0 bridgehead atoms. The van der Waals surface area contributed by atoms with Crippen LogP contribution >= 0.6 is 0 Å². The van der Waals surface area contributed by atoms with E-state index >= 15 is 0 Å². The van der Waals surface area contributed by atoms with Gasteiger partial charge in [0.05, 0.1) is 0 Å². The van der Waals surface area contributed by atoms with Crippen molar-refractivity contribution in [3.05, 3.63) is 30.3 Å². The normalized spacial score (nSPS) is 15.2. The summed E-state index contributed by atoms with van der Waals surface area (Å²) in [6.45, 7) is 4.56. The van der Waals surface area contributed by atoms with Crippen molar-refractivity contribution in [3.63, 3.8) is 0 Å². The van der Waals surface area contributed by atoms with Crippen molar-refractivity contribution < 1.29 is 0 Å². The van der Waals surface area contributed by atoms with Crippen LogP contribution in [0, 0.1) is 0 Å². The fraction of sp³-hybridized carbons (Fsp3) is 0.455. The van der Waals surface area contributed by atoms with Gasteiger partial charge in [0, 0.05) is 38.9 Å². The van der Waals surface area contributed by atoms with Gasteiger partial charge >= 0.3 is 0 Å². The number of benzene rings is 1. The first-order valence-electron chi connectivity index (χ1n) is 5.07. The van der Waals surface area contributed by atoms with Crippen LogP contribution in [-0.4, -0.2) is 33.2 Å². The maximum atomic E-state index is 3.22. The second kappa shape index (κ2) is 7.35. The summed E-state index contributed by atoms with van der Waals surface area (Å²) < 4.78 is 0. The number of para-hydroxylation sites is 1. The van der Waals surface area contributed by atoms with Gasteiger partial charge in [0.1, 0.15) is 0 Å². The molecule has 1 saturated heterocycles. The van der Waals surface area contributed by atoms with E-state index in [9.17, 15) is 0 Å². The Morgan fingerprint density at radius 2 is 1.43 bits per heavy atom. The minimum Gasteiger partial charge on any atom is -0.388 e. The molecule has 0 aliphatic carbocycles. The number of piperazine rings is 1. The van der Waals surface area contributed by atoms with Crippen LogP contribution in [0.15, 0.2) is 30.3 Å². The predicted octanol–water partition coefficient (Wildman–Crippen LogP) is 0.907. The van der Waals surface area contributed by atoms with Crippen molar-refractivity contribution in [1.82, 2.24) is 10.6 Å². The second-order valence-corrected chi connectivity index (χ2v) is 3.12. The van der Waals surface area contributed by atoms with Crippen LogP contribution in [0.4, 0.5) is 5.69 Å². The summed E-state index contributed by atoms with van der Waals surface area (Å²) >= 11 is 0. The van der Waals surface area contributed by atoms with Crippen LogP contribution in [0.3, 0.4) is 0 Å². The van der Waals surface area contributed by atoms with E-state index < -0.39 is 0 Å². The number of hydrogen-bond donors (Lipinski definition) is 3. The van der Waals surface area contributed by atoms with Gasteiger partial charge in [-0.1, -0.05) is 18.2 Å². The Hall–Kier alpha value is -1.06. The molecule has 0 saturated carbocycles. The Morgan fingerprint density at radius 1 is 0.929 bits per heavy atom. The van der Waals surface area contributed by atoms with Crippen molar-refractivity contribution in [2.24, 2.45) is 0 Å². The van der Waals surface area contributed by atoms with Crippen LogP contribution in [0.25, 0.3) is 0 Å². The monoisotopic (exact) mass is 193 g/mol. The third kappa shape index (κ3) is 4.84. The number of anilines is 1. The molecule has 14 heavy (non-hydrogen) atoms. The molecule has 0 radical (unpaired) electrons. The van der Waals surface area contributed by atoms with E-state index in [1.807, 2.05) is 37.4 Å². The van der Waals surface area contributed by atoms with Crippen molar-refractivity contribution in [2.75, 3.05) is 38.5 Å². The summed E-state index contributed by atoms with van der Waals surface area (Å²) in [4.78, 5) is 0. The van der Waals surface area contributed by atoms with E-state index in [-0.39, 0.29) is 0 Å². The third-order valence-electron chi connectivity index (χ3n) is 2.02. The Labute approximate surface area is 85.9 Å². The molecule has 1 fully saturated rings. The Kier molecular flexibility index (Phi) is 5.79. The number of nitrogens with one attached hydrogen (secondary N) is 3. The Bertz CT molecular complexity index is 208. The van der Waals surface area contributed by atoms with E-state index in [1.165, 1.54) is 0 Å². The smallest absolute Gasteiger partial charge is 0.0337 e. The molecule has 1 aliphatic rings. The highest BCUT2D eigenvalue weighted by Gasteiger charge is 1.91. The molecule has 0 atom stereocenters. The number of rotatable bonds is 1. The van der Waals surface area contributed by atoms with Gasteiger partial charge in [-0.3, -0.25) is 0 Å². The molecule has 1 aromatic rings. The lowest BCUT2D eigenvalue weighted by molar-refractivity contribution is 0.534. The minimum absolute atomic E-state index is 1.14. The van der Waals surface area contributed by atoms with E-state index in [2.05, 4.69) is 16.0 Å². The maximum absolute atomic E-state index is 3.22. The van der Waals surface area contributed by atoms with Crippen LogP contribution < -0.4 is 16.0 Å². The standard InChI is InChI=1S/C7H9N.C4H10N2/c1-8-7-5-3-2-4-6-7;1-2-6-4-3-5-1/h2-6,8H,1H3;5-6H,1-4H2. The highest BCUT2D eigenvalue weighted by molar-refractivity contribution is 5.41. The molecule has 2 rings (SSSR count). The van der Waals surface area contributed by atoms with Gasteiger partial charge in [-0.2, -0.15) is 0 Å². The molecule has 1 aromatic carbocycles. The zero-order chi connectivity index (χ0) is 10.1. The van der Waals surface area contributed by atoms with Crippen molar-refractivity contribution in [3.8, 4) is 0 Å². The molecule has 1 heterocycles. The molecule has 0 unspecified atom stereocenters. The highest BCUT2D eigenvalue weighted by Crippen LogP contribution is 2.01. The fourth-order valence-corrected chi connectivity index (χ4v) is 1.21. The van der Waals surface area contributed by atoms with Crippen LogP contribution in [-0.2, 0) is 0 Å². The number of hydrogen-bond acceptors (Lipinski definition) is 3. The summed E-state index contributed by atoms with van der Waals surface area (Å²) in [5, 5.41) is 9.47. The quantitative estimate of drug-likeness (QED) is 0.620. The third-order valence-corrected chi connectivity index (χ3v) is 2.02. The SMILES string of the molecule is C1CNCCN1.CNc1ccccc1. The Balaban J connectivity index is 0.000000146. The highest BCUT2D eigenvalue weighted by atomic mass is 15.0. The zero-order valence-electron chi connectivity index (χ0n) is 8.72. The first kappa shape index (κ1) is 11.0. The van der Waals surface area contributed by atoms with Crippen molar-refractivity contribution in [2.45, 2.75) is 0 Å². The first-order chi connectivity index (χ1) is 6.93. The lowest BCUT2D eigenvalue weighted by atomic mass is 10.3. The molecular weight excluding hydrogens is 174 g/mol. The second-order valence-electron chi connectivity index (χ2n) is 3.12. The fourth-order valence-electron chi connectivity index (χ4n) is 1.21. The van der Waals surface area contributed by atoms with Crippen LogP contribution in [0.2, 0.25) is 0 Å². The van der Waals surface area contributed by atoms with Crippen LogP contribution in [0.1, 0.15) is 0 Å². The molecule has 0 spiro atoms. The van der Waals surface area contributed by atoms with Gasteiger partial charge in [0.2, 0.25) is 0 Å². The van der Waals surface area contributed by atoms with E-state index in [1.54, 1.807) is 0 Å². The first-order valence-corrected chi connectivity index (χ1v) is 5.07. The molecule has 3 N–H and O–H groups in total. The molecule has 0 aromatic heterocycles. The molecule has 3 nitrogen and oxygen atoms in total. The lowest BCUT2D eigenvalue weighted by Gasteiger charge is -2.11. The molecule has 3 heteroatoms. The van der Waals surface area contributed by atoms with Gasteiger partial charge in [0.15, 0.2) is 0 Å². The molecule has 78 valence electrons. The van der Waals surface area contributed by atoms with E-state index in [4.69, 9.17) is 0 Å². The molecular formula is C11H19N3. The summed E-state index contributed by atoms with van der Waals surface area (Å²) in [5.41, 5.74) is 1.16. The topological polar surface area (TPSA) is 36.1 Å². The average molecular weight is 193 g/mol. The summed E-state index contributed by atoms with van der Waals surface area (Å²) in [7, 11) is 1.91. The van der Waals surface area contributed by atoms with Gasteiger partial charge < -0.3 is 16.0 Å². The average Bonchev–Trinajstić information content (AvgIpc) is 2.33. The largest absolute Gasteiger partial charge is 0.388 e. The van der Waals surface area contributed by atoms with Crippen molar-refractivity contribution >= 4 is 5.69 Å². The van der Waals surface area contributed by atoms with E-state index in [0.29, 0.717) is 0 Å². The lowest BCUT2D eigenvalue weighted by Crippen LogP contribution is -2.39. The summed E-state index contributed by atoms with van der Waals surface area (Å²) in [6, 6.07) is 10.1. The van der Waals surface area contributed by atoms with Gasteiger partial charge in [0.25, 0.3) is 0 Å². The van der Waals surface area contributed by atoms with Gasteiger partial charge in [-0.15, -0.1) is 0 Å². The van der Waals surface area contributed by atoms with Crippen molar-refractivity contribution in [1.29, 1.82) is 0 Å².